The SMILES string of the molecule is Cc1ccc(Br)cc1C(=O)NCCC(C)C. The van der Waals surface area contributed by atoms with Crippen molar-refractivity contribution in [2.75, 3.05) is 6.54 Å². The molecule has 0 aromatic heterocycles. The molecule has 1 amide bonds. The third-order valence-electron chi connectivity index (χ3n) is 2.45. The van der Waals surface area contributed by atoms with E-state index in [1.807, 2.05) is 25.1 Å². The van der Waals surface area contributed by atoms with Crippen molar-refractivity contribution in [2.24, 2.45) is 5.92 Å². The number of amides is 1. The lowest BCUT2D eigenvalue weighted by molar-refractivity contribution is 0.0951. The Hall–Kier alpha value is -0.830. The molecular formula is C13H18BrNO. The molecule has 0 atom stereocenters. The van der Waals surface area contributed by atoms with Gasteiger partial charge in [-0.3, -0.25) is 4.79 Å². The van der Waals surface area contributed by atoms with Crippen molar-refractivity contribution in [3.05, 3.63) is 33.8 Å². The van der Waals surface area contributed by atoms with Gasteiger partial charge in [-0.05, 0) is 37.0 Å². The van der Waals surface area contributed by atoms with Crippen LogP contribution >= 0.6 is 15.9 Å². The fraction of sp³-hybridized carbons (Fsp3) is 0.462. The lowest BCUT2D eigenvalue weighted by Gasteiger charge is -2.09. The van der Waals surface area contributed by atoms with Crippen molar-refractivity contribution < 1.29 is 4.79 Å². The van der Waals surface area contributed by atoms with E-state index in [1.54, 1.807) is 0 Å². The van der Waals surface area contributed by atoms with Crippen LogP contribution in [0.5, 0.6) is 0 Å². The van der Waals surface area contributed by atoms with Crippen LogP contribution in [0.4, 0.5) is 0 Å². The highest BCUT2D eigenvalue weighted by atomic mass is 79.9. The molecule has 0 saturated carbocycles. The van der Waals surface area contributed by atoms with Crippen molar-refractivity contribution in [3.63, 3.8) is 0 Å². The van der Waals surface area contributed by atoms with Gasteiger partial charge >= 0.3 is 0 Å². The summed E-state index contributed by atoms with van der Waals surface area (Å²) in [5, 5.41) is 2.94. The molecule has 1 aromatic rings. The molecule has 1 rings (SSSR count). The number of halogens is 1. The van der Waals surface area contributed by atoms with Gasteiger partial charge in [0.15, 0.2) is 0 Å². The number of nitrogens with one attached hydrogen (secondary N) is 1. The van der Waals surface area contributed by atoms with E-state index in [2.05, 4.69) is 35.1 Å². The molecule has 0 unspecified atom stereocenters. The first-order valence-corrected chi connectivity index (χ1v) is 6.34. The normalized spacial score (nSPS) is 10.6. The van der Waals surface area contributed by atoms with Crippen LogP contribution in [0.2, 0.25) is 0 Å². The van der Waals surface area contributed by atoms with E-state index in [4.69, 9.17) is 0 Å². The number of carbonyl (C=O) groups is 1. The molecule has 2 nitrogen and oxygen atoms in total. The monoisotopic (exact) mass is 283 g/mol. The summed E-state index contributed by atoms with van der Waals surface area (Å²) in [6.45, 7) is 6.99. The largest absolute Gasteiger partial charge is 0.352 e. The van der Waals surface area contributed by atoms with Gasteiger partial charge in [-0.1, -0.05) is 35.8 Å². The maximum Gasteiger partial charge on any atom is 0.251 e. The Bertz CT molecular complexity index is 374. The molecule has 0 spiro atoms. The van der Waals surface area contributed by atoms with E-state index in [-0.39, 0.29) is 5.91 Å². The molecule has 1 aromatic carbocycles. The van der Waals surface area contributed by atoms with Crippen LogP contribution in [0.3, 0.4) is 0 Å². The van der Waals surface area contributed by atoms with Crippen LogP contribution in [0.1, 0.15) is 36.2 Å². The summed E-state index contributed by atoms with van der Waals surface area (Å²) < 4.78 is 0.937. The zero-order valence-corrected chi connectivity index (χ0v) is 11.6. The Morgan fingerprint density at radius 3 is 2.75 bits per heavy atom. The summed E-state index contributed by atoms with van der Waals surface area (Å²) in [6, 6.07) is 5.75. The van der Waals surface area contributed by atoms with Crippen molar-refractivity contribution >= 4 is 21.8 Å². The number of hydrogen-bond acceptors (Lipinski definition) is 1. The Morgan fingerprint density at radius 2 is 2.12 bits per heavy atom. The lowest BCUT2D eigenvalue weighted by atomic mass is 10.1. The average Bonchev–Trinajstić information content (AvgIpc) is 2.21. The fourth-order valence-electron chi connectivity index (χ4n) is 1.41. The first-order chi connectivity index (χ1) is 7.50. The van der Waals surface area contributed by atoms with E-state index < -0.39 is 0 Å². The maximum absolute atomic E-state index is 11.9. The number of aryl methyl sites for hydroxylation is 1. The predicted octanol–water partition coefficient (Wildman–Crippen LogP) is 3.53. The van der Waals surface area contributed by atoms with Crippen LogP contribution in [0.25, 0.3) is 0 Å². The fourth-order valence-corrected chi connectivity index (χ4v) is 1.77. The first kappa shape index (κ1) is 13.2. The van der Waals surface area contributed by atoms with Gasteiger partial charge in [0.2, 0.25) is 0 Å². The second-order valence-corrected chi connectivity index (χ2v) is 5.31. The highest BCUT2D eigenvalue weighted by molar-refractivity contribution is 9.10. The lowest BCUT2D eigenvalue weighted by Crippen LogP contribution is -2.26. The predicted molar refractivity (Wildman–Crippen MR) is 70.7 cm³/mol. The third-order valence-corrected chi connectivity index (χ3v) is 2.94. The summed E-state index contributed by atoms with van der Waals surface area (Å²) in [5.41, 5.74) is 1.75. The molecule has 1 N–H and O–H groups in total. The molecular weight excluding hydrogens is 266 g/mol. The number of benzene rings is 1. The van der Waals surface area contributed by atoms with Gasteiger partial charge in [-0.15, -0.1) is 0 Å². The maximum atomic E-state index is 11.9. The minimum atomic E-state index is 0.0134. The van der Waals surface area contributed by atoms with Crippen LogP contribution in [0.15, 0.2) is 22.7 Å². The van der Waals surface area contributed by atoms with Crippen molar-refractivity contribution in [3.8, 4) is 0 Å². The summed E-state index contributed by atoms with van der Waals surface area (Å²) in [5.74, 6) is 0.628. The summed E-state index contributed by atoms with van der Waals surface area (Å²) in [4.78, 5) is 11.9. The van der Waals surface area contributed by atoms with Gasteiger partial charge in [0.25, 0.3) is 5.91 Å². The molecule has 0 heterocycles. The number of carbonyl (C=O) groups excluding carboxylic acids is 1. The highest BCUT2D eigenvalue weighted by Crippen LogP contribution is 2.15. The Morgan fingerprint density at radius 1 is 1.44 bits per heavy atom. The number of rotatable bonds is 4. The van der Waals surface area contributed by atoms with Crippen molar-refractivity contribution in [1.82, 2.24) is 5.32 Å². The Labute approximate surface area is 106 Å². The Balaban J connectivity index is 2.62. The standard InChI is InChI=1S/C13H18BrNO/c1-9(2)6-7-15-13(16)12-8-11(14)5-4-10(12)3/h4-5,8-9H,6-7H2,1-3H3,(H,15,16). The molecule has 0 aliphatic carbocycles. The zero-order valence-electron chi connectivity index (χ0n) is 10.0. The van der Waals surface area contributed by atoms with E-state index >= 15 is 0 Å². The van der Waals surface area contributed by atoms with Crippen molar-refractivity contribution in [2.45, 2.75) is 27.2 Å². The van der Waals surface area contributed by atoms with Crippen LogP contribution in [0, 0.1) is 12.8 Å². The minimum Gasteiger partial charge on any atom is -0.352 e. The summed E-state index contributed by atoms with van der Waals surface area (Å²) >= 11 is 3.38. The van der Waals surface area contributed by atoms with E-state index in [0.29, 0.717) is 5.92 Å². The smallest absolute Gasteiger partial charge is 0.251 e. The topological polar surface area (TPSA) is 29.1 Å². The van der Waals surface area contributed by atoms with Gasteiger partial charge in [-0.2, -0.15) is 0 Å². The molecule has 0 radical (unpaired) electrons. The molecule has 0 fully saturated rings. The third kappa shape index (κ3) is 3.97. The van der Waals surface area contributed by atoms with E-state index in [9.17, 15) is 4.79 Å². The van der Waals surface area contributed by atoms with Crippen LogP contribution in [-0.4, -0.2) is 12.5 Å². The molecule has 16 heavy (non-hydrogen) atoms. The van der Waals surface area contributed by atoms with Gasteiger partial charge in [0.1, 0.15) is 0 Å². The quantitative estimate of drug-likeness (QED) is 0.900. The molecule has 3 heteroatoms. The van der Waals surface area contributed by atoms with Gasteiger partial charge in [0, 0.05) is 16.6 Å². The first-order valence-electron chi connectivity index (χ1n) is 5.55. The minimum absolute atomic E-state index is 0.0134. The molecule has 88 valence electrons. The van der Waals surface area contributed by atoms with Crippen molar-refractivity contribution in [1.29, 1.82) is 0 Å². The van der Waals surface area contributed by atoms with E-state index in [0.717, 1.165) is 28.6 Å². The second kappa shape index (κ2) is 6.04. The van der Waals surface area contributed by atoms with Gasteiger partial charge in [-0.25, -0.2) is 0 Å². The Kier molecular flexibility index (Phi) is 5.00. The van der Waals surface area contributed by atoms with Gasteiger partial charge in [0.05, 0.1) is 0 Å². The number of hydrogen-bond donors (Lipinski definition) is 1. The average molecular weight is 284 g/mol. The molecule has 0 aliphatic heterocycles. The van der Waals surface area contributed by atoms with E-state index in [1.165, 1.54) is 0 Å². The molecule has 0 saturated heterocycles. The van der Waals surface area contributed by atoms with Crippen LogP contribution in [-0.2, 0) is 0 Å². The molecule has 0 aliphatic rings. The summed E-state index contributed by atoms with van der Waals surface area (Å²) in [7, 11) is 0. The van der Waals surface area contributed by atoms with Gasteiger partial charge < -0.3 is 5.32 Å². The zero-order chi connectivity index (χ0) is 12.1. The summed E-state index contributed by atoms with van der Waals surface area (Å²) in [6.07, 6.45) is 1.01. The second-order valence-electron chi connectivity index (χ2n) is 4.40. The highest BCUT2D eigenvalue weighted by Gasteiger charge is 2.08. The molecule has 0 bridgehead atoms. The van der Waals surface area contributed by atoms with Crippen LogP contribution < -0.4 is 5.32 Å².